The van der Waals surface area contributed by atoms with E-state index in [4.69, 9.17) is 11.6 Å². The zero-order chi connectivity index (χ0) is 10.1. The molecule has 0 fully saturated rings. The minimum absolute atomic E-state index is 0.0308. The van der Waals surface area contributed by atoms with Crippen molar-refractivity contribution in [2.45, 2.75) is 25.6 Å². The van der Waals surface area contributed by atoms with Crippen molar-refractivity contribution < 1.29 is 13.2 Å². The normalized spacial score (nSPS) is 14.5. The first-order valence-electron chi connectivity index (χ1n) is 3.52. The third-order valence-corrected chi connectivity index (χ3v) is 1.80. The van der Waals surface area contributed by atoms with Crippen molar-refractivity contribution in [2.75, 3.05) is 0 Å². The Morgan fingerprint density at radius 3 is 2.62 bits per heavy atom. The molecular weight excluding hydrogens is 207 g/mol. The lowest BCUT2D eigenvalue weighted by molar-refractivity contribution is -0.141. The van der Waals surface area contributed by atoms with Crippen molar-refractivity contribution in [3.8, 4) is 0 Å². The quantitative estimate of drug-likeness (QED) is 0.756. The lowest BCUT2D eigenvalue weighted by Gasteiger charge is -2.14. The summed E-state index contributed by atoms with van der Waals surface area (Å²) in [5.74, 6) is 0. The molecule has 1 rings (SSSR count). The molecule has 0 saturated heterocycles. The largest absolute Gasteiger partial charge is 0.391 e. The van der Waals surface area contributed by atoms with Crippen LogP contribution in [-0.2, 0) is 0 Å². The van der Waals surface area contributed by atoms with Crippen LogP contribution in [0, 0.1) is 0 Å². The van der Waals surface area contributed by atoms with Crippen LogP contribution in [0.25, 0.3) is 0 Å². The Bertz CT molecular complexity index is 283. The zero-order valence-electron chi connectivity index (χ0n) is 6.72. The van der Waals surface area contributed by atoms with Gasteiger partial charge in [0.1, 0.15) is 6.33 Å². The Kier molecular flexibility index (Phi) is 2.80. The van der Waals surface area contributed by atoms with Crippen molar-refractivity contribution in [3.05, 3.63) is 11.6 Å². The summed E-state index contributed by atoms with van der Waals surface area (Å²) in [7, 11) is 0. The molecule has 7 heteroatoms. The van der Waals surface area contributed by atoms with Crippen LogP contribution in [0.5, 0.6) is 0 Å². The van der Waals surface area contributed by atoms with Gasteiger partial charge in [-0.25, -0.2) is 0 Å². The first-order valence-corrected chi connectivity index (χ1v) is 3.89. The highest BCUT2D eigenvalue weighted by Gasteiger charge is 2.31. The van der Waals surface area contributed by atoms with E-state index in [2.05, 4.69) is 10.2 Å². The third kappa shape index (κ3) is 2.87. The maximum atomic E-state index is 11.9. The minimum Gasteiger partial charge on any atom is -0.301 e. The highest BCUT2D eigenvalue weighted by Crippen LogP contribution is 2.28. The van der Waals surface area contributed by atoms with E-state index in [1.54, 1.807) is 0 Å². The standard InChI is InChI=1S/C6H7ClF3N3/c1-4(2-6(8,9)10)13-3-11-12-5(13)7/h3-4H,2H2,1H3. The highest BCUT2D eigenvalue weighted by atomic mass is 35.5. The average Bonchev–Trinajstić information content (AvgIpc) is 2.30. The van der Waals surface area contributed by atoms with Crippen molar-refractivity contribution in [3.63, 3.8) is 0 Å². The van der Waals surface area contributed by atoms with Gasteiger partial charge in [-0.05, 0) is 18.5 Å². The first-order chi connectivity index (χ1) is 5.90. The third-order valence-electron chi connectivity index (χ3n) is 1.53. The SMILES string of the molecule is CC(CC(F)(F)F)n1cnnc1Cl. The van der Waals surface area contributed by atoms with Gasteiger partial charge in [0, 0.05) is 6.04 Å². The Hall–Kier alpha value is -0.780. The monoisotopic (exact) mass is 213 g/mol. The topological polar surface area (TPSA) is 30.7 Å². The van der Waals surface area contributed by atoms with Crippen LogP contribution in [0.3, 0.4) is 0 Å². The molecule has 0 aliphatic rings. The van der Waals surface area contributed by atoms with E-state index in [1.807, 2.05) is 0 Å². The van der Waals surface area contributed by atoms with E-state index in [0.717, 1.165) is 0 Å². The van der Waals surface area contributed by atoms with Crippen LogP contribution in [0.2, 0.25) is 5.28 Å². The maximum absolute atomic E-state index is 11.9. The lowest BCUT2D eigenvalue weighted by atomic mass is 10.2. The Balaban J connectivity index is 2.69. The van der Waals surface area contributed by atoms with Gasteiger partial charge in [-0.2, -0.15) is 13.2 Å². The summed E-state index contributed by atoms with van der Waals surface area (Å²) < 4.78 is 37.0. The molecule has 0 aliphatic carbocycles. The van der Waals surface area contributed by atoms with Crippen molar-refractivity contribution in [1.29, 1.82) is 0 Å². The summed E-state index contributed by atoms with van der Waals surface area (Å²) in [6, 6.07) is -0.775. The van der Waals surface area contributed by atoms with E-state index in [1.165, 1.54) is 17.8 Å². The Morgan fingerprint density at radius 1 is 1.62 bits per heavy atom. The molecule has 3 nitrogen and oxygen atoms in total. The number of rotatable bonds is 2. The molecule has 0 radical (unpaired) electrons. The number of halogens is 4. The number of aromatic nitrogens is 3. The van der Waals surface area contributed by atoms with E-state index >= 15 is 0 Å². The second kappa shape index (κ2) is 3.53. The summed E-state index contributed by atoms with van der Waals surface area (Å²) in [5, 5.41) is 6.73. The van der Waals surface area contributed by atoms with E-state index in [-0.39, 0.29) is 5.28 Å². The molecule has 0 bridgehead atoms. The van der Waals surface area contributed by atoms with Gasteiger partial charge < -0.3 is 4.57 Å². The lowest BCUT2D eigenvalue weighted by Crippen LogP contribution is -2.16. The van der Waals surface area contributed by atoms with Gasteiger partial charge in [0.25, 0.3) is 0 Å². The van der Waals surface area contributed by atoms with Gasteiger partial charge in [0.05, 0.1) is 6.42 Å². The van der Waals surface area contributed by atoms with E-state index < -0.39 is 18.6 Å². The molecule has 1 heterocycles. The van der Waals surface area contributed by atoms with Crippen molar-refractivity contribution in [2.24, 2.45) is 0 Å². The van der Waals surface area contributed by atoms with Gasteiger partial charge in [-0.3, -0.25) is 0 Å². The molecule has 0 aliphatic heterocycles. The molecule has 1 aromatic rings. The molecule has 0 amide bonds. The summed E-state index contributed by atoms with van der Waals surface area (Å²) in [5.41, 5.74) is 0. The van der Waals surface area contributed by atoms with Crippen LogP contribution in [0.15, 0.2) is 6.33 Å². The summed E-state index contributed by atoms with van der Waals surface area (Å²) in [4.78, 5) is 0. The predicted molar refractivity (Wildman–Crippen MR) is 40.4 cm³/mol. The molecule has 0 saturated carbocycles. The molecule has 0 aromatic carbocycles. The number of nitrogens with zero attached hydrogens (tertiary/aromatic N) is 3. The van der Waals surface area contributed by atoms with Crippen molar-refractivity contribution >= 4 is 11.6 Å². The van der Waals surface area contributed by atoms with Crippen LogP contribution in [0.1, 0.15) is 19.4 Å². The second-order valence-electron chi connectivity index (χ2n) is 2.68. The number of hydrogen-bond donors (Lipinski definition) is 0. The summed E-state index contributed by atoms with van der Waals surface area (Å²) in [6.45, 7) is 1.41. The molecule has 1 aromatic heterocycles. The average molecular weight is 214 g/mol. The molecule has 0 spiro atoms. The van der Waals surface area contributed by atoms with Gasteiger partial charge in [0.2, 0.25) is 5.28 Å². The smallest absolute Gasteiger partial charge is 0.301 e. The number of hydrogen-bond acceptors (Lipinski definition) is 2. The molecule has 13 heavy (non-hydrogen) atoms. The van der Waals surface area contributed by atoms with Crippen molar-refractivity contribution in [1.82, 2.24) is 14.8 Å². The van der Waals surface area contributed by atoms with Gasteiger partial charge in [0.15, 0.2) is 0 Å². The molecule has 1 atom stereocenters. The molecule has 74 valence electrons. The Labute approximate surface area is 77.5 Å². The van der Waals surface area contributed by atoms with Crippen LogP contribution in [0.4, 0.5) is 13.2 Å². The molecule has 0 N–H and O–H groups in total. The van der Waals surface area contributed by atoms with Crippen LogP contribution >= 0.6 is 11.6 Å². The molecular formula is C6H7ClF3N3. The van der Waals surface area contributed by atoms with Gasteiger partial charge >= 0.3 is 6.18 Å². The predicted octanol–water partition coefficient (Wildman–Crippen LogP) is 2.44. The zero-order valence-corrected chi connectivity index (χ0v) is 7.47. The minimum atomic E-state index is -4.20. The first kappa shape index (κ1) is 10.3. The fraction of sp³-hybridized carbons (Fsp3) is 0.667. The summed E-state index contributed by atoms with van der Waals surface area (Å²) in [6.07, 6.45) is -3.96. The number of alkyl halides is 3. The Morgan fingerprint density at radius 2 is 2.23 bits per heavy atom. The van der Waals surface area contributed by atoms with Gasteiger partial charge in [-0.15, -0.1) is 10.2 Å². The fourth-order valence-corrected chi connectivity index (χ4v) is 1.21. The van der Waals surface area contributed by atoms with E-state index in [0.29, 0.717) is 0 Å². The maximum Gasteiger partial charge on any atom is 0.391 e. The van der Waals surface area contributed by atoms with Gasteiger partial charge in [-0.1, -0.05) is 0 Å². The van der Waals surface area contributed by atoms with Crippen LogP contribution in [-0.4, -0.2) is 20.9 Å². The fourth-order valence-electron chi connectivity index (χ4n) is 0.957. The second-order valence-corrected chi connectivity index (χ2v) is 3.01. The van der Waals surface area contributed by atoms with E-state index in [9.17, 15) is 13.2 Å². The highest BCUT2D eigenvalue weighted by molar-refractivity contribution is 6.28. The van der Waals surface area contributed by atoms with Crippen LogP contribution < -0.4 is 0 Å². The molecule has 1 unspecified atom stereocenters. The summed E-state index contributed by atoms with van der Waals surface area (Å²) >= 11 is 5.49.